The molecule has 0 aromatic heterocycles. The van der Waals surface area contributed by atoms with Crippen LogP contribution in [0.1, 0.15) is 43.6 Å². The van der Waals surface area contributed by atoms with Gasteiger partial charge in [-0.2, -0.15) is 0 Å². The van der Waals surface area contributed by atoms with Crippen LogP contribution in [0.3, 0.4) is 0 Å². The Kier molecular flexibility index (Phi) is 5.43. The molecule has 6 nitrogen and oxygen atoms in total. The summed E-state index contributed by atoms with van der Waals surface area (Å²) in [5.41, 5.74) is 0.556. The van der Waals surface area contributed by atoms with Crippen LogP contribution in [-0.4, -0.2) is 30.5 Å². The van der Waals surface area contributed by atoms with Crippen molar-refractivity contribution in [2.75, 3.05) is 13.6 Å². The standard InChI is InChI=1S/C15H23N3O3/c1-10(16-5)9-17-14(19)11-6-7-12(15(2,3)4)13(8-11)18(20)21/h6-8,10,16H,9H2,1-5H3,(H,17,19). The number of hydrogen-bond acceptors (Lipinski definition) is 4. The van der Waals surface area contributed by atoms with Crippen molar-refractivity contribution in [2.45, 2.75) is 39.2 Å². The normalized spacial score (nSPS) is 12.8. The highest BCUT2D eigenvalue weighted by Gasteiger charge is 2.26. The van der Waals surface area contributed by atoms with Gasteiger partial charge in [0.05, 0.1) is 4.92 Å². The van der Waals surface area contributed by atoms with Crippen LogP contribution in [0, 0.1) is 10.1 Å². The quantitative estimate of drug-likeness (QED) is 0.644. The minimum Gasteiger partial charge on any atom is -0.350 e. The number of hydrogen-bond donors (Lipinski definition) is 2. The first-order valence-corrected chi connectivity index (χ1v) is 6.91. The summed E-state index contributed by atoms with van der Waals surface area (Å²) >= 11 is 0. The summed E-state index contributed by atoms with van der Waals surface area (Å²) in [6.45, 7) is 8.12. The van der Waals surface area contributed by atoms with Gasteiger partial charge in [-0.15, -0.1) is 0 Å². The van der Waals surface area contributed by atoms with Gasteiger partial charge in [0.25, 0.3) is 11.6 Å². The Morgan fingerprint density at radius 1 is 1.38 bits per heavy atom. The van der Waals surface area contributed by atoms with Crippen LogP contribution in [0.4, 0.5) is 5.69 Å². The molecule has 0 bridgehead atoms. The van der Waals surface area contributed by atoms with Crippen molar-refractivity contribution in [3.05, 3.63) is 39.4 Å². The van der Waals surface area contributed by atoms with Crippen molar-refractivity contribution >= 4 is 11.6 Å². The van der Waals surface area contributed by atoms with E-state index in [1.165, 1.54) is 6.07 Å². The van der Waals surface area contributed by atoms with Gasteiger partial charge in [0.2, 0.25) is 0 Å². The fourth-order valence-electron chi connectivity index (χ4n) is 1.91. The molecule has 0 aliphatic heterocycles. The number of likely N-dealkylation sites (N-methyl/N-ethyl adjacent to an activating group) is 1. The number of amides is 1. The van der Waals surface area contributed by atoms with E-state index in [1.807, 2.05) is 27.7 Å². The SMILES string of the molecule is CNC(C)CNC(=O)c1ccc(C(C)(C)C)c([N+](=O)[O-])c1. The van der Waals surface area contributed by atoms with E-state index in [2.05, 4.69) is 10.6 Å². The molecular weight excluding hydrogens is 270 g/mol. The first-order valence-electron chi connectivity index (χ1n) is 6.91. The Bertz CT molecular complexity index is 535. The lowest BCUT2D eigenvalue weighted by atomic mass is 9.85. The summed E-state index contributed by atoms with van der Waals surface area (Å²) in [6, 6.07) is 4.78. The molecule has 0 aliphatic rings. The second-order valence-corrected chi connectivity index (χ2v) is 6.14. The van der Waals surface area contributed by atoms with Crippen molar-refractivity contribution < 1.29 is 9.72 Å². The van der Waals surface area contributed by atoms with Gasteiger partial charge in [0.15, 0.2) is 0 Å². The van der Waals surface area contributed by atoms with Crippen molar-refractivity contribution in [3.63, 3.8) is 0 Å². The highest BCUT2D eigenvalue weighted by Crippen LogP contribution is 2.31. The number of carbonyl (C=O) groups excluding carboxylic acids is 1. The summed E-state index contributed by atoms with van der Waals surface area (Å²) in [7, 11) is 1.81. The number of nitrogens with one attached hydrogen (secondary N) is 2. The maximum Gasteiger partial charge on any atom is 0.273 e. The summed E-state index contributed by atoms with van der Waals surface area (Å²) in [5, 5.41) is 17.0. The maximum atomic E-state index is 12.0. The number of nitro groups is 1. The van der Waals surface area contributed by atoms with E-state index in [4.69, 9.17) is 0 Å². The molecule has 0 aliphatic carbocycles. The molecule has 0 fully saturated rings. The third-order valence-corrected chi connectivity index (χ3v) is 3.33. The Balaban J connectivity index is 3.04. The molecule has 1 aromatic carbocycles. The third kappa shape index (κ3) is 4.53. The van der Waals surface area contributed by atoms with E-state index in [-0.39, 0.29) is 23.1 Å². The largest absolute Gasteiger partial charge is 0.350 e. The van der Waals surface area contributed by atoms with Crippen LogP contribution in [-0.2, 0) is 5.41 Å². The predicted octanol–water partition coefficient (Wildman–Crippen LogP) is 2.23. The van der Waals surface area contributed by atoms with Gasteiger partial charge in [0, 0.05) is 29.8 Å². The molecule has 1 amide bonds. The third-order valence-electron chi connectivity index (χ3n) is 3.33. The lowest BCUT2D eigenvalue weighted by molar-refractivity contribution is -0.386. The lowest BCUT2D eigenvalue weighted by Crippen LogP contribution is -2.37. The van der Waals surface area contributed by atoms with Gasteiger partial charge in [-0.3, -0.25) is 14.9 Å². The Hall–Kier alpha value is -1.95. The summed E-state index contributed by atoms with van der Waals surface area (Å²) < 4.78 is 0. The molecule has 1 atom stereocenters. The van der Waals surface area contributed by atoms with Gasteiger partial charge < -0.3 is 10.6 Å². The Morgan fingerprint density at radius 2 is 2.00 bits per heavy atom. The van der Waals surface area contributed by atoms with E-state index in [9.17, 15) is 14.9 Å². The maximum absolute atomic E-state index is 12.0. The monoisotopic (exact) mass is 293 g/mol. The molecule has 21 heavy (non-hydrogen) atoms. The lowest BCUT2D eigenvalue weighted by Gasteiger charge is -2.19. The molecular formula is C15H23N3O3. The second-order valence-electron chi connectivity index (χ2n) is 6.14. The second kappa shape index (κ2) is 6.67. The molecule has 116 valence electrons. The fraction of sp³-hybridized carbons (Fsp3) is 0.533. The zero-order valence-corrected chi connectivity index (χ0v) is 13.2. The smallest absolute Gasteiger partial charge is 0.273 e. The highest BCUT2D eigenvalue weighted by atomic mass is 16.6. The van der Waals surface area contributed by atoms with Crippen LogP contribution < -0.4 is 10.6 Å². The van der Waals surface area contributed by atoms with Crippen molar-refractivity contribution in [3.8, 4) is 0 Å². The molecule has 1 unspecified atom stereocenters. The highest BCUT2D eigenvalue weighted by molar-refractivity contribution is 5.95. The van der Waals surface area contributed by atoms with Crippen LogP contribution in [0.5, 0.6) is 0 Å². The van der Waals surface area contributed by atoms with Gasteiger partial charge in [0.1, 0.15) is 0 Å². The van der Waals surface area contributed by atoms with E-state index < -0.39 is 4.92 Å². The topological polar surface area (TPSA) is 84.3 Å². The summed E-state index contributed by atoms with van der Waals surface area (Å²) in [5.74, 6) is -0.305. The number of carbonyl (C=O) groups is 1. The van der Waals surface area contributed by atoms with Gasteiger partial charge in [-0.1, -0.05) is 26.8 Å². The number of rotatable bonds is 5. The first kappa shape index (κ1) is 17.1. The molecule has 0 heterocycles. The van der Waals surface area contributed by atoms with Crippen LogP contribution in [0.15, 0.2) is 18.2 Å². The first-order chi connectivity index (χ1) is 9.66. The van der Waals surface area contributed by atoms with Crippen LogP contribution in [0.25, 0.3) is 0 Å². The molecule has 1 aromatic rings. The van der Waals surface area contributed by atoms with E-state index in [0.29, 0.717) is 17.7 Å². The average molecular weight is 293 g/mol. The van der Waals surface area contributed by atoms with Crippen LogP contribution in [0.2, 0.25) is 0 Å². The van der Waals surface area contributed by atoms with E-state index in [0.717, 1.165) is 0 Å². The molecule has 0 saturated carbocycles. The fourth-order valence-corrected chi connectivity index (χ4v) is 1.91. The Morgan fingerprint density at radius 3 is 2.48 bits per heavy atom. The van der Waals surface area contributed by atoms with Crippen LogP contribution >= 0.6 is 0 Å². The summed E-state index contributed by atoms with van der Waals surface area (Å²) in [4.78, 5) is 22.8. The zero-order chi connectivity index (χ0) is 16.2. The minimum absolute atomic E-state index is 0.0168. The van der Waals surface area contributed by atoms with Gasteiger partial charge >= 0.3 is 0 Å². The van der Waals surface area contributed by atoms with Crippen molar-refractivity contribution in [2.24, 2.45) is 0 Å². The minimum atomic E-state index is -0.437. The van der Waals surface area contributed by atoms with Crippen molar-refractivity contribution in [1.29, 1.82) is 0 Å². The molecule has 0 saturated heterocycles. The molecule has 0 spiro atoms. The molecule has 6 heteroatoms. The van der Waals surface area contributed by atoms with Gasteiger partial charge in [-0.05, 0) is 25.5 Å². The molecule has 2 N–H and O–H groups in total. The van der Waals surface area contributed by atoms with Gasteiger partial charge in [-0.25, -0.2) is 0 Å². The average Bonchev–Trinajstić information content (AvgIpc) is 2.42. The predicted molar refractivity (Wildman–Crippen MR) is 82.7 cm³/mol. The molecule has 0 radical (unpaired) electrons. The number of benzene rings is 1. The van der Waals surface area contributed by atoms with E-state index >= 15 is 0 Å². The zero-order valence-electron chi connectivity index (χ0n) is 13.2. The van der Waals surface area contributed by atoms with Crippen molar-refractivity contribution in [1.82, 2.24) is 10.6 Å². The number of nitrogens with zero attached hydrogens (tertiary/aromatic N) is 1. The Labute approximate surface area is 125 Å². The number of nitro benzene ring substituents is 1. The summed E-state index contributed by atoms with van der Waals surface area (Å²) in [6.07, 6.45) is 0. The van der Waals surface area contributed by atoms with E-state index in [1.54, 1.807) is 19.2 Å². The molecule has 1 rings (SSSR count).